The van der Waals surface area contributed by atoms with Crippen LogP contribution >= 0.6 is 23.2 Å². The topological polar surface area (TPSA) is 43.2 Å². The molecule has 0 saturated heterocycles. The van der Waals surface area contributed by atoms with Crippen LogP contribution in [0.25, 0.3) is 0 Å². The molecule has 1 aromatic heterocycles. The molecule has 5 heteroatoms. The van der Waals surface area contributed by atoms with Crippen LogP contribution in [0, 0.1) is 6.92 Å². The minimum Gasteiger partial charge on any atom is -0.247 e. The molecule has 1 heterocycles. The predicted octanol–water partition coefficient (Wildman–Crippen LogP) is 3.30. The van der Waals surface area contributed by atoms with Crippen molar-refractivity contribution in [3.63, 3.8) is 0 Å². The van der Waals surface area contributed by atoms with Gasteiger partial charge in [-0.15, -0.1) is 0 Å². The Morgan fingerprint density at radius 2 is 1.95 bits per heavy atom. The van der Waals surface area contributed by atoms with E-state index < -0.39 is 0 Å². The SMILES string of the molecule is Cc1cc[nH+]c(NC(=O)Cc2c(Cl)cccc2Cl)c1. The van der Waals surface area contributed by atoms with Crippen LogP contribution in [0.5, 0.6) is 0 Å². The fourth-order valence-corrected chi connectivity index (χ4v) is 2.24. The summed E-state index contributed by atoms with van der Waals surface area (Å²) in [7, 11) is 0. The van der Waals surface area contributed by atoms with E-state index in [-0.39, 0.29) is 12.3 Å². The van der Waals surface area contributed by atoms with Crippen molar-refractivity contribution in [2.24, 2.45) is 0 Å². The third-order valence-corrected chi connectivity index (χ3v) is 3.34. The lowest BCUT2D eigenvalue weighted by molar-refractivity contribution is -0.360. The first kappa shape index (κ1) is 13.8. The van der Waals surface area contributed by atoms with Crippen molar-refractivity contribution in [3.8, 4) is 0 Å². The third kappa shape index (κ3) is 3.69. The lowest BCUT2D eigenvalue weighted by atomic mass is 10.1. The molecule has 0 aliphatic carbocycles. The van der Waals surface area contributed by atoms with Crippen LogP contribution in [0.1, 0.15) is 11.1 Å². The lowest BCUT2D eigenvalue weighted by Crippen LogP contribution is -2.21. The second-order valence-corrected chi connectivity index (χ2v) is 5.02. The number of rotatable bonds is 3. The maximum Gasteiger partial charge on any atom is 0.311 e. The molecule has 0 spiro atoms. The number of H-pyrrole nitrogens is 1. The maximum absolute atomic E-state index is 11.9. The largest absolute Gasteiger partial charge is 0.311 e. The van der Waals surface area contributed by atoms with Gasteiger partial charge in [-0.25, -0.2) is 15.1 Å². The Morgan fingerprint density at radius 1 is 1.26 bits per heavy atom. The summed E-state index contributed by atoms with van der Waals surface area (Å²) in [4.78, 5) is 14.9. The second kappa shape index (κ2) is 6.04. The number of nitrogens with one attached hydrogen (secondary N) is 2. The number of carbonyl (C=O) groups is 1. The van der Waals surface area contributed by atoms with Crippen molar-refractivity contribution in [1.82, 2.24) is 0 Å². The Balaban J connectivity index is 2.10. The molecule has 2 rings (SSSR count). The number of benzene rings is 1. The first-order valence-corrected chi connectivity index (χ1v) is 6.53. The molecule has 0 aliphatic rings. The molecule has 2 N–H and O–H groups in total. The molecule has 0 radical (unpaired) electrons. The Kier molecular flexibility index (Phi) is 4.40. The predicted molar refractivity (Wildman–Crippen MR) is 76.5 cm³/mol. The Bertz CT molecular complexity index is 594. The number of hydrogen-bond donors (Lipinski definition) is 1. The molecule has 19 heavy (non-hydrogen) atoms. The molecule has 98 valence electrons. The number of aryl methyl sites for hydroxylation is 1. The molecule has 0 aliphatic heterocycles. The van der Waals surface area contributed by atoms with Crippen LogP contribution in [-0.4, -0.2) is 5.91 Å². The van der Waals surface area contributed by atoms with Gasteiger partial charge in [-0.05, 0) is 30.7 Å². The number of hydrogen-bond acceptors (Lipinski definition) is 1. The highest BCUT2D eigenvalue weighted by molar-refractivity contribution is 6.36. The van der Waals surface area contributed by atoms with Gasteiger partial charge < -0.3 is 0 Å². The number of halogens is 2. The number of aromatic amines is 1. The molecule has 1 amide bonds. The fraction of sp³-hybridized carbons (Fsp3) is 0.143. The normalized spacial score (nSPS) is 10.3. The number of anilines is 1. The molecule has 0 fully saturated rings. The van der Waals surface area contributed by atoms with Gasteiger partial charge in [-0.1, -0.05) is 29.3 Å². The highest BCUT2D eigenvalue weighted by atomic mass is 35.5. The molecule has 0 bridgehead atoms. The standard InChI is InChI=1S/C14H12Cl2N2O/c1-9-5-6-17-13(7-9)18-14(19)8-10-11(15)3-2-4-12(10)16/h2-7H,8H2,1H3,(H,17,18,19)/p+1. The monoisotopic (exact) mass is 295 g/mol. The van der Waals surface area contributed by atoms with Gasteiger partial charge in [0, 0.05) is 21.7 Å². The zero-order chi connectivity index (χ0) is 13.8. The summed E-state index contributed by atoms with van der Waals surface area (Å²) in [5.41, 5.74) is 1.70. The minimum atomic E-state index is -0.170. The fourth-order valence-electron chi connectivity index (χ4n) is 1.71. The van der Waals surface area contributed by atoms with Crippen LogP contribution in [0.3, 0.4) is 0 Å². The van der Waals surface area contributed by atoms with Crippen molar-refractivity contribution < 1.29 is 9.78 Å². The van der Waals surface area contributed by atoms with E-state index in [1.807, 2.05) is 19.1 Å². The minimum absolute atomic E-state index is 0.139. The Morgan fingerprint density at radius 3 is 2.58 bits per heavy atom. The Hall–Kier alpha value is -1.58. The lowest BCUT2D eigenvalue weighted by Gasteiger charge is -2.04. The molecule has 0 atom stereocenters. The summed E-state index contributed by atoms with van der Waals surface area (Å²) in [6, 6.07) is 8.96. The summed E-state index contributed by atoms with van der Waals surface area (Å²) in [5.74, 6) is 0.477. The molecular formula is C14H13Cl2N2O+. The van der Waals surface area contributed by atoms with Crippen LogP contribution in [0.4, 0.5) is 5.82 Å². The van der Waals surface area contributed by atoms with E-state index in [4.69, 9.17) is 23.2 Å². The van der Waals surface area contributed by atoms with Crippen molar-refractivity contribution in [2.45, 2.75) is 13.3 Å². The number of pyridine rings is 1. The van der Waals surface area contributed by atoms with E-state index >= 15 is 0 Å². The molecule has 0 unspecified atom stereocenters. The first-order chi connectivity index (χ1) is 9.06. The van der Waals surface area contributed by atoms with Gasteiger partial charge in [-0.3, -0.25) is 0 Å². The highest BCUT2D eigenvalue weighted by Crippen LogP contribution is 2.24. The number of amides is 1. The molecule has 3 nitrogen and oxygen atoms in total. The summed E-state index contributed by atoms with van der Waals surface area (Å²) >= 11 is 12.1. The molecular weight excluding hydrogens is 283 g/mol. The van der Waals surface area contributed by atoms with Gasteiger partial charge in [0.15, 0.2) is 0 Å². The van der Waals surface area contributed by atoms with Crippen molar-refractivity contribution >= 4 is 34.9 Å². The Labute approximate surface area is 121 Å². The molecule has 1 aromatic carbocycles. The van der Waals surface area contributed by atoms with E-state index in [9.17, 15) is 4.79 Å². The van der Waals surface area contributed by atoms with Crippen molar-refractivity contribution in [2.75, 3.05) is 5.32 Å². The van der Waals surface area contributed by atoms with Crippen LogP contribution in [0.2, 0.25) is 10.0 Å². The van der Waals surface area contributed by atoms with Crippen molar-refractivity contribution in [3.05, 3.63) is 57.7 Å². The molecule has 2 aromatic rings. The van der Waals surface area contributed by atoms with E-state index in [2.05, 4.69) is 10.3 Å². The van der Waals surface area contributed by atoms with E-state index in [1.165, 1.54) is 0 Å². The van der Waals surface area contributed by atoms with Gasteiger partial charge in [0.05, 0.1) is 12.6 Å². The quantitative estimate of drug-likeness (QED) is 0.928. The van der Waals surface area contributed by atoms with E-state index in [0.29, 0.717) is 21.4 Å². The van der Waals surface area contributed by atoms with Gasteiger partial charge >= 0.3 is 5.91 Å². The summed E-state index contributed by atoms with van der Waals surface area (Å²) in [6.45, 7) is 1.95. The van der Waals surface area contributed by atoms with E-state index in [0.717, 1.165) is 5.56 Å². The van der Waals surface area contributed by atoms with Crippen LogP contribution in [-0.2, 0) is 11.2 Å². The summed E-state index contributed by atoms with van der Waals surface area (Å²) in [6.07, 6.45) is 1.91. The maximum atomic E-state index is 11.9. The average molecular weight is 296 g/mol. The van der Waals surface area contributed by atoms with Crippen LogP contribution in [0.15, 0.2) is 36.5 Å². The summed E-state index contributed by atoms with van der Waals surface area (Å²) < 4.78 is 0. The zero-order valence-corrected chi connectivity index (χ0v) is 11.8. The summed E-state index contributed by atoms with van der Waals surface area (Å²) in [5, 5.41) is 3.77. The number of aromatic nitrogens is 1. The van der Waals surface area contributed by atoms with Crippen molar-refractivity contribution in [1.29, 1.82) is 0 Å². The zero-order valence-electron chi connectivity index (χ0n) is 10.3. The van der Waals surface area contributed by atoms with Gasteiger partial charge in [0.2, 0.25) is 0 Å². The number of carbonyl (C=O) groups excluding carboxylic acids is 1. The molecule has 0 saturated carbocycles. The van der Waals surface area contributed by atoms with Gasteiger partial charge in [-0.2, -0.15) is 0 Å². The van der Waals surface area contributed by atoms with E-state index in [1.54, 1.807) is 24.4 Å². The van der Waals surface area contributed by atoms with Gasteiger partial charge in [0.25, 0.3) is 5.82 Å². The first-order valence-electron chi connectivity index (χ1n) is 5.77. The smallest absolute Gasteiger partial charge is 0.247 e. The van der Waals surface area contributed by atoms with Gasteiger partial charge in [0.1, 0.15) is 0 Å². The average Bonchev–Trinajstić information content (AvgIpc) is 2.34. The highest BCUT2D eigenvalue weighted by Gasteiger charge is 2.15. The van der Waals surface area contributed by atoms with Crippen LogP contribution < -0.4 is 10.3 Å². The second-order valence-electron chi connectivity index (χ2n) is 4.20. The third-order valence-electron chi connectivity index (χ3n) is 2.63.